The molecule has 0 spiro atoms. The van der Waals surface area contributed by atoms with Gasteiger partial charge in [0.1, 0.15) is 0 Å². The van der Waals surface area contributed by atoms with E-state index in [1.165, 1.54) is 19.0 Å². The SMILES string of the molecule is Cl.Clc1cncc(OCC2CCCNC2)n1. The first-order chi connectivity index (χ1) is 7.34. The van der Waals surface area contributed by atoms with Gasteiger partial charge in [0, 0.05) is 12.5 Å². The molecule has 0 bridgehead atoms. The molecule has 4 nitrogen and oxygen atoms in total. The van der Waals surface area contributed by atoms with Crippen LogP contribution in [-0.2, 0) is 0 Å². The third-order valence-electron chi connectivity index (χ3n) is 2.45. The highest BCUT2D eigenvalue weighted by Gasteiger charge is 2.13. The molecule has 1 unspecified atom stereocenters. The monoisotopic (exact) mass is 263 g/mol. The zero-order valence-corrected chi connectivity index (χ0v) is 10.4. The molecule has 0 amide bonds. The fraction of sp³-hybridized carbons (Fsp3) is 0.600. The second-order valence-electron chi connectivity index (χ2n) is 3.70. The van der Waals surface area contributed by atoms with Gasteiger partial charge in [-0.3, -0.25) is 4.98 Å². The van der Waals surface area contributed by atoms with Crippen molar-refractivity contribution >= 4 is 24.0 Å². The Morgan fingerprint density at radius 2 is 2.38 bits per heavy atom. The fourth-order valence-electron chi connectivity index (χ4n) is 1.66. The van der Waals surface area contributed by atoms with Crippen molar-refractivity contribution < 1.29 is 4.74 Å². The molecule has 6 heteroatoms. The third-order valence-corrected chi connectivity index (χ3v) is 2.63. The van der Waals surface area contributed by atoms with Crippen molar-refractivity contribution in [2.75, 3.05) is 19.7 Å². The molecular weight excluding hydrogens is 249 g/mol. The Bertz CT molecular complexity index is 319. The van der Waals surface area contributed by atoms with E-state index >= 15 is 0 Å². The summed E-state index contributed by atoms with van der Waals surface area (Å²) in [5, 5.41) is 3.71. The van der Waals surface area contributed by atoms with Crippen LogP contribution in [0.3, 0.4) is 0 Å². The molecule has 1 N–H and O–H groups in total. The van der Waals surface area contributed by atoms with Gasteiger partial charge in [-0.2, -0.15) is 4.98 Å². The molecule has 1 aromatic rings. The molecule has 0 aromatic carbocycles. The van der Waals surface area contributed by atoms with E-state index < -0.39 is 0 Å². The minimum absolute atomic E-state index is 0. The van der Waals surface area contributed by atoms with Crippen molar-refractivity contribution in [3.63, 3.8) is 0 Å². The summed E-state index contributed by atoms with van der Waals surface area (Å²) < 4.78 is 5.53. The number of nitrogens with one attached hydrogen (secondary N) is 1. The van der Waals surface area contributed by atoms with Gasteiger partial charge in [-0.25, -0.2) is 0 Å². The predicted octanol–water partition coefficient (Wildman–Crippen LogP) is 1.93. The molecule has 90 valence electrons. The number of piperidine rings is 1. The molecule has 0 radical (unpaired) electrons. The summed E-state index contributed by atoms with van der Waals surface area (Å²) >= 11 is 5.70. The Morgan fingerprint density at radius 3 is 3.06 bits per heavy atom. The highest BCUT2D eigenvalue weighted by atomic mass is 35.5. The van der Waals surface area contributed by atoms with Crippen LogP contribution in [0.5, 0.6) is 5.88 Å². The number of aromatic nitrogens is 2. The molecular formula is C10H15Cl2N3O. The molecule has 1 aliphatic rings. The maximum Gasteiger partial charge on any atom is 0.233 e. The van der Waals surface area contributed by atoms with Crippen molar-refractivity contribution in [2.24, 2.45) is 5.92 Å². The lowest BCUT2D eigenvalue weighted by Gasteiger charge is -2.22. The van der Waals surface area contributed by atoms with Gasteiger partial charge < -0.3 is 10.1 Å². The zero-order chi connectivity index (χ0) is 10.5. The smallest absolute Gasteiger partial charge is 0.233 e. The van der Waals surface area contributed by atoms with Gasteiger partial charge >= 0.3 is 0 Å². The number of rotatable bonds is 3. The number of halogens is 2. The van der Waals surface area contributed by atoms with Crippen LogP contribution in [0.4, 0.5) is 0 Å². The number of hydrogen-bond acceptors (Lipinski definition) is 4. The van der Waals surface area contributed by atoms with Crippen LogP contribution < -0.4 is 10.1 Å². The summed E-state index contributed by atoms with van der Waals surface area (Å²) in [7, 11) is 0. The minimum Gasteiger partial charge on any atom is -0.476 e. The maximum atomic E-state index is 5.70. The van der Waals surface area contributed by atoms with Crippen molar-refractivity contribution in [1.82, 2.24) is 15.3 Å². The lowest BCUT2D eigenvalue weighted by atomic mass is 10.0. The summed E-state index contributed by atoms with van der Waals surface area (Å²) in [6, 6.07) is 0. The zero-order valence-electron chi connectivity index (χ0n) is 8.86. The second kappa shape index (κ2) is 6.89. The van der Waals surface area contributed by atoms with Gasteiger partial charge in [0.2, 0.25) is 5.88 Å². The predicted molar refractivity (Wildman–Crippen MR) is 65.4 cm³/mol. The lowest BCUT2D eigenvalue weighted by Crippen LogP contribution is -2.33. The molecule has 1 fully saturated rings. The number of ether oxygens (including phenoxy) is 1. The maximum absolute atomic E-state index is 5.70. The van der Waals surface area contributed by atoms with Gasteiger partial charge in [-0.1, -0.05) is 11.6 Å². The Morgan fingerprint density at radius 1 is 1.50 bits per heavy atom. The van der Waals surface area contributed by atoms with Gasteiger partial charge in [0.25, 0.3) is 0 Å². The fourth-order valence-corrected chi connectivity index (χ4v) is 1.80. The molecule has 1 aromatic heterocycles. The van der Waals surface area contributed by atoms with Gasteiger partial charge in [-0.05, 0) is 19.4 Å². The van der Waals surface area contributed by atoms with Crippen molar-refractivity contribution in [3.05, 3.63) is 17.5 Å². The van der Waals surface area contributed by atoms with Crippen molar-refractivity contribution in [3.8, 4) is 5.88 Å². The second-order valence-corrected chi connectivity index (χ2v) is 4.09. The summed E-state index contributed by atoms with van der Waals surface area (Å²) in [6.45, 7) is 2.82. The average molecular weight is 264 g/mol. The van der Waals surface area contributed by atoms with E-state index in [2.05, 4.69) is 15.3 Å². The van der Waals surface area contributed by atoms with Crippen molar-refractivity contribution in [2.45, 2.75) is 12.8 Å². The lowest BCUT2D eigenvalue weighted by molar-refractivity contribution is 0.211. The van der Waals surface area contributed by atoms with Crippen molar-refractivity contribution in [1.29, 1.82) is 0 Å². The van der Waals surface area contributed by atoms with Gasteiger partial charge in [0.15, 0.2) is 5.15 Å². The van der Waals surface area contributed by atoms with E-state index in [4.69, 9.17) is 16.3 Å². The Kier molecular flexibility index (Phi) is 5.80. The highest BCUT2D eigenvalue weighted by molar-refractivity contribution is 6.29. The van der Waals surface area contributed by atoms with Crippen LogP contribution in [0, 0.1) is 5.92 Å². The number of nitrogens with zero attached hydrogens (tertiary/aromatic N) is 2. The van der Waals surface area contributed by atoms with E-state index in [1.807, 2.05) is 0 Å². The highest BCUT2D eigenvalue weighted by Crippen LogP contribution is 2.13. The molecule has 2 heterocycles. The van der Waals surface area contributed by atoms with E-state index in [0.29, 0.717) is 23.6 Å². The summed E-state index contributed by atoms with van der Waals surface area (Å²) in [5.41, 5.74) is 0. The van der Waals surface area contributed by atoms with Crippen LogP contribution in [0.2, 0.25) is 5.15 Å². The first-order valence-corrected chi connectivity index (χ1v) is 5.53. The normalized spacial score (nSPS) is 19.9. The summed E-state index contributed by atoms with van der Waals surface area (Å²) in [5.74, 6) is 1.08. The Labute approximate surface area is 106 Å². The first kappa shape index (κ1) is 13.5. The van der Waals surface area contributed by atoms with Gasteiger partial charge in [-0.15, -0.1) is 12.4 Å². The summed E-state index contributed by atoms with van der Waals surface area (Å²) in [4.78, 5) is 7.93. The largest absolute Gasteiger partial charge is 0.476 e. The molecule has 1 atom stereocenters. The van der Waals surface area contributed by atoms with E-state index in [-0.39, 0.29) is 12.4 Å². The standard InChI is InChI=1S/C10H14ClN3O.ClH/c11-9-5-13-6-10(14-9)15-7-8-2-1-3-12-4-8;/h5-6,8,12H,1-4,7H2;1H. The van der Waals surface area contributed by atoms with E-state index in [0.717, 1.165) is 13.1 Å². The topological polar surface area (TPSA) is 47.0 Å². The Hall–Kier alpha value is -0.580. The summed E-state index contributed by atoms with van der Waals surface area (Å²) in [6.07, 6.45) is 5.51. The number of hydrogen-bond donors (Lipinski definition) is 1. The first-order valence-electron chi connectivity index (χ1n) is 5.15. The van der Waals surface area contributed by atoms with E-state index in [1.54, 1.807) is 6.20 Å². The molecule has 1 aliphatic heterocycles. The average Bonchev–Trinajstić information content (AvgIpc) is 2.28. The van der Waals surface area contributed by atoms with Crippen LogP contribution >= 0.6 is 24.0 Å². The van der Waals surface area contributed by atoms with Crippen LogP contribution in [-0.4, -0.2) is 29.7 Å². The van der Waals surface area contributed by atoms with Gasteiger partial charge in [0.05, 0.1) is 19.0 Å². The molecule has 0 aliphatic carbocycles. The Balaban J connectivity index is 0.00000128. The molecule has 1 saturated heterocycles. The van der Waals surface area contributed by atoms with E-state index in [9.17, 15) is 0 Å². The minimum atomic E-state index is 0. The van der Waals surface area contributed by atoms with Crippen LogP contribution in [0.1, 0.15) is 12.8 Å². The van der Waals surface area contributed by atoms with Crippen LogP contribution in [0.25, 0.3) is 0 Å². The quantitative estimate of drug-likeness (QED) is 0.906. The molecule has 2 rings (SSSR count). The van der Waals surface area contributed by atoms with Crippen LogP contribution in [0.15, 0.2) is 12.4 Å². The molecule has 16 heavy (non-hydrogen) atoms. The molecule has 0 saturated carbocycles. The third kappa shape index (κ3) is 4.12.